The largest absolute Gasteiger partial charge is 0.496 e. The Hall–Kier alpha value is -4.44. The molecule has 0 bridgehead atoms. The second-order valence-electron chi connectivity index (χ2n) is 8.93. The van der Waals surface area contributed by atoms with Gasteiger partial charge >= 0.3 is 0 Å². The van der Waals surface area contributed by atoms with Gasteiger partial charge in [-0.25, -0.2) is 0 Å². The smallest absolute Gasteiger partial charge is 0.248 e. The number of benzene rings is 4. The molecule has 4 nitrogen and oxygen atoms in total. The van der Waals surface area contributed by atoms with Gasteiger partial charge in [0.1, 0.15) is 5.75 Å². The zero-order valence-corrected chi connectivity index (χ0v) is 20.3. The van der Waals surface area contributed by atoms with E-state index in [9.17, 15) is 9.59 Å². The van der Waals surface area contributed by atoms with Crippen molar-refractivity contribution in [3.8, 4) is 5.75 Å². The number of methoxy groups -OCH3 is 1. The number of ketones is 1. The normalized spacial score (nSPS) is 19.2. The fraction of sp³-hybridized carbons (Fsp3) is 0.125. The van der Waals surface area contributed by atoms with Crippen LogP contribution in [0.1, 0.15) is 27.0 Å². The van der Waals surface area contributed by atoms with E-state index < -0.39 is 11.5 Å². The lowest BCUT2D eigenvalue weighted by atomic mass is 9.61. The molecule has 1 saturated heterocycles. The van der Waals surface area contributed by atoms with Crippen LogP contribution in [0.25, 0.3) is 6.08 Å². The van der Waals surface area contributed by atoms with Gasteiger partial charge in [-0.1, -0.05) is 109 Å². The quantitative estimate of drug-likeness (QED) is 0.181. The minimum Gasteiger partial charge on any atom is -0.496 e. The summed E-state index contributed by atoms with van der Waals surface area (Å²) in [6.07, 6.45) is 3.89. The number of carbonyl (C=O) groups is 2. The number of β-lactam (4-membered cyclic amide) rings is 1. The molecule has 0 radical (unpaired) electrons. The highest BCUT2D eigenvalue weighted by molar-refractivity contribution is 6.29. The van der Waals surface area contributed by atoms with Crippen LogP contribution in [0.5, 0.6) is 5.75 Å². The molecule has 1 aliphatic heterocycles. The van der Waals surface area contributed by atoms with Crippen LogP contribution in [0.15, 0.2) is 115 Å². The zero-order valence-electron chi connectivity index (χ0n) is 20.3. The average Bonchev–Trinajstić information content (AvgIpc) is 2.93. The van der Waals surface area contributed by atoms with Gasteiger partial charge in [0.05, 0.1) is 13.2 Å². The molecular weight excluding hydrogens is 446 g/mol. The van der Waals surface area contributed by atoms with Crippen molar-refractivity contribution in [2.45, 2.75) is 18.4 Å². The minimum absolute atomic E-state index is 0.211. The summed E-state index contributed by atoms with van der Waals surface area (Å²) in [6, 6.07) is 33.4. The molecule has 36 heavy (non-hydrogen) atoms. The van der Waals surface area contributed by atoms with E-state index in [1.165, 1.54) is 0 Å². The highest BCUT2D eigenvalue weighted by atomic mass is 16.5. The van der Waals surface area contributed by atoms with E-state index in [0.717, 1.165) is 22.6 Å². The van der Waals surface area contributed by atoms with E-state index in [1.807, 2.05) is 116 Å². The molecule has 1 heterocycles. The van der Waals surface area contributed by atoms with Crippen molar-refractivity contribution < 1.29 is 14.3 Å². The second-order valence-corrected chi connectivity index (χ2v) is 8.93. The lowest BCUT2D eigenvalue weighted by molar-refractivity contribution is -0.129. The summed E-state index contributed by atoms with van der Waals surface area (Å²) >= 11 is 0. The number of ether oxygens (including phenoxy) is 1. The van der Waals surface area contributed by atoms with Gasteiger partial charge in [0.2, 0.25) is 5.91 Å². The first-order valence-corrected chi connectivity index (χ1v) is 11.9. The minimum atomic E-state index is -1.38. The molecule has 2 atom stereocenters. The monoisotopic (exact) mass is 473 g/mol. The fourth-order valence-corrected chi connectivity index (χ4v) is 4.96. The zero-order chi connectivity index (χ0) is 25.1. The standard InChI is InChI=1S/C32H27NO3/c1-23-17-20-27(21-18-23)33-29(22-19-24-11-9-10-16-28(24)36-2)32(31(33)35,26-14-7-4-8-15-26)30(34)25-12-5-3-6-13-25/h3-22,29H,1-2H3/b22-19+. The highest BCUT2D eigenvalue weighted by Crippen LogP contribution is 2.48. The number of hydrogen-bond donors (Lipinski definition) is 0. The Morgan fingerprint density at radius 1 is 0.833 bits per heavy atom. The molecule has 1 aliphatic rings. The van der Waals surface area contributed by atoms with Crippen molar-refractivity contribution in [1.82, 2.24) is 0 Å². The molecular formula is C32H27NO3. The van der Waals surface area contributed by atoms with Crippen molar-refractivity contribution in [1.29, 1.82) is 0 Å². The molecule has 0 N–H and O–H groups in total. The maximum absolute atomic E-state index is 14.2. The summed E-state index contributed by atoms with van der Waals surface area (Å²) in [4.78, 5) is 30.1. The number of anilines is 1. The van der Waals surface area contributed by atoms with E-state index in [4.69, 9.17) is 4.74 Å². The fourth-order valence-electron chi connectivity index (χ4n) is 4.96. The number of carbonyl (C=O) groups excluding carboxylic acids is 2. The van der Waals surface area contributed by atoms with Crippen molar-refractivity contribution in [2.75, 3.05) is 12.0 Å². The van der Waals surface area contributed by atoms with Crippen LogP contribution in [0, 0.1) is 6.92 Å². The van der Waals surface area contributed by atoms with Gasteiger partial charge in [0.15, 0.2) is 11.2 Å². The Kier molecular flexibility index (Phi) is 6.26. The molecule has 4 heteroatoms. The molecule has 4 aromatic carbocycles. The predicted octanol–water partition coefficient (Wildman–Crippen LogP) is 6.25. The number of nitrogens with zero attached hydrogens (tertiary/aromatic N) is 1. The molecule has 5 rings (SSSR count). The summed E-state index contributed by atoms with van der Waals surface area (Å²) in [6.45, 7) is 2.01. The van der Waals surface area contributed by atoms with E-state index in [-0.39, 0.29) is 11.7 Å². The third kappa shape index (κ3) is 3.81. The third-order valence-electron chi connectivity index (χ3n) is 6.81. The predicted molar refractivity (Wildman–Crippen MR) is 143 cm³/mol. The van der Waals surface area contributed by atoms with E-state index >= 15 is 0 Å². The number of hydrogen-bond acceptors (Lipinski definition) is 3. The van der Waals surface area contributed by atoms with Gasteiger partial charge < -0.3 is 9.64 Å². The maximum Gasteiger partial charge on any atom is 0.248 e. The Morgan fingerprint density at radius 3 is 2.11 bits per heavy atom. The van der Waals surface area contributed by atoms with Gasteiger partial charge in [-0.15, -0.1) is 0 Å². The second kappa shape index (κ2) is 9.67. The highest BCUT2D eigenvalue weighted by Gasteiger charge is 2.65. The summed E-state index contributed by atoms with van der Waals surface area (Å²) in [7, 11) is 1.63. The molecule has 1 amide bonds. The number of Topliss-reactive ketones (excluding diaryl/α,β-unsaturated/α-hetero) is 1. The molecule has 4 aromatic rings. The molecule has 0 aliphatic carbocycles. The molecule has 0 aromatic heterocycles. The first-order chi connectivity index (χ1) is 17.6. The Morgan fingerprint density at radius 2 is 1.44 bits per heavy atom. The van der Waals surface area contributed by atoms with Gasteiger partial charge in [-0.2, -0.15) is 0 Å². The molecule has 0 spiro atoms. The Bertz CT molecular complexity index is 1410. The van der Waals surface area contributed by atoms with Crippen molar-refractivity contribution in [3.63, 3.8) is 0 Å². The summed E-state index contributed by atoms with van der Waals surface area (Å²) in [5.74, 6) is 0.277. The van der Waals surface area contributed by atoms with Gasteiger partial charge in [0, 0.05) is 16.8 Å². The summed E-state index contributed by atoms with van der Waals surface area (Å²) < 4.78 is 5.53. The summed E-state index contributed by atoms with van der Waals surface area (Å²) in [5.41, 5.74) is 2.54. The SMILES string of the molecule is COc1ccccc1/C=C/C1N(c2ccc(C)cc2)C(=O)C1(C(=O)c1ccccc1)c1ccccc1. The molecule has 0 saturated carbocycles. The lowest BCUT2D eigenvalue weighted by Gasteiger charge is -2.54. The number of rotatable bonds is 7. The van der Waals surface area contributed by atoms with Crippen LogP contribution in [-0.4, -0.2) is 24.8 Å². The molecule has 1 fully saturated rings. The van der Waals surface area contributed by atoms with Crippen LogP contribution in [-0.2, 0) is 10.2 Å². The van der Waals surface area contributed by atoms with E-state index in [1.54, 1.807) is 24.1 Å². The number of para-hydroxylation sites is 1. The van der Waals surface area contributed by atoms with Crippen LogP contribution in [0.4, 0.5) is 5.69 Å². The first kappa shape index (κ1) is 23.3. The van der Waals surface area contributed by atoms with Crippen molar-refractivity contribution in [3.05, 3.63) is 138 Å². The first-order valence-electron chi connectivity index (χ1n) is 11.9. The van der Waals surface area contributed by atoms with Crippen LogP contribution >= 0.6 is 0 Å². The third-order valence-corrected chi connectivity index (χ3v) is 6.81. The van der Waals surface area contributed by atoms with Gasteiger partial charge in [0.25, 0.3) is 0 Å². The average molecular weight is 474 g/mol. The van der Waals surface area contributed by atoms with E-state index in [2.05, 4.69) is 0 Å². The molecule has 2 unspecified atom stereocenters. The van der Waals surface area contributed by atoms with Crippen molar-refractivity contribution >= 4 is 23.5 Å². The van der Waals surface area contributed by atoms with Crippen LogP contribution < -0.4 is 9.64 Å². The Labute approximate surface area is 211 Å². The van der Waals surface area contributed by atoms with Gasteiger partial charge in [-0.05, 0) is 30.7 Å². The number of aryl methyl sites for hydroxylation is 1. The van der Waals surface area contributed by atoms with Crippen LogP contribution in [0.2, 0.25) is 0 Å². The lowest BCUT2D eigenvalue weighted by Crippen LogP contribution is -2.74. The van der Waals surface area contributed by atoms with E-state index in [0.29, 0.717) is 11.1 Å². The topological polar surface area (TPSA) is 46.6 Å². The number of amides is 1. The van der Waals surface area contributed by atoms with Gasteiger partial charge in [-0.3, -0.25) is 9.59 Å². The maximum atomic E-state index is 14.2. The molecule has 178 valence electrons. The summed E-state index contributed by atoms with van der Waals surface area (Å²) in [5, 5.41) is 0. The van der Waals surface area contributed by atoms with Crippen LogP contribution in [0.3, 0.4) is 0 Å². The van der Waals surface area contributed by atoms with Crippen molar-refractivity contribution in [2.24, 2.45) is 0 Å². The Balaban J connectivity index is 1.70.